The second-order valence-electron chi connectivity index (χ2n) is 16.9. The summed E-state index contributed by atoms with van der Waals surface area (Å²) < 4.78 is 5.87. The number of carbonyl (C=O) groups is 2. The average Bonchev–Trinajstić information content (AvgIpc) is 3.26. The molecular formula is C56H95NO5. The zero-order valence-corrected chi connectivity index (χ0v) is 40.2. The summed E-state index contributed by atoms with van der Waals surface area (Å²) in [6.45, 7) is 6.19. The Kier molecular flexibility index (Phi) is 46.3. The number of ether oxygens (including phenoxy) is 1. The highest BCUT2D eigenvalue weighted by Crippen LogP contribution is 2.17. The Morgan fingerprint density at radius 2 is 0.968 bits per heavy atom. The van der Waals surface area contributed by atoms with Crippen molar-refractivity contribution in [2.45, 2.75) is 238 Å². The van der Waals surface area contributed by atoms with E-state index in [-0.39, 0.29) is 24.9 Å². The maximum absolute atomic E-state index is 13.2. The van der Waals surface area contributed by atoms with E-state index in [0.29, 0.717) is 19.3 Å². The molecule has 0 aromatic rings. The number of amides is 1. The van der Waals surface area contributed by atoms with Crippen molar-refractivity contribution in [2.24, 2.45) is 0 Å². The van der Waals surface area contributed by atoms with E-state index in [0.717, 1.165) is 89.9 Å². The fourth-order valence-electron chi connectivity index (χ4n) is 7.20. The van der Waals surface area contributed by atoms with E-state index >= 15 is 0 Å². The maximum Gasteiger partial charge on any atom is 0.306 e. The van der Waals surface area contributed by atoms with Gasteiger partial charge in [-0.3, -0.25) is 9.59 Å². The molecule has 0 aliphatic carbocycles. The van der Waals surface area contributed by atoms with Crippen LogP contribution in [-0.4, -0.2) is 46.9 Å². The molecule has 0 aromatic heterocycles. The first-order chi connectivity index (χ1) is 30.5. The van der Waals surface area contributed by atoms with E-state index in [1.807, 2.05) is 36.5 Å². The molecule has 3 N–H and O–H groups in total. The Hall–Kier alpha value is -3.22. The molecule has 0 saturated heterocycles. The number of hydrogen-bond acceptors (Lipinski definition) is 5. The molecule has 0 saturated carbocycles. The van der Waals surface area contributed by atoms with Gasteiger partial charge < -0.3 is 20.3 Å². The number of aliphatic hydroxyl groups excluding tert-OH is 2. The molecule has 6 heteroatoms. The molecule has 0 heterocycles. The van der Waals surface area contributed by atoms with E-state index < -0.39 is 18.2 Å². The minimum atomic E-state index is -0.816. The summed E-state index contributed by atoms with van der Waals surface area (Å²) in [5, 5.41) is 23.7. The SMILES string of the molecule is CC/C=C/C=C/C=C\C=C/CCCC(CC(=O)NC(CO)C(O)CCCCCCCCCCCCCCCCCC)OC(=O)CCCCC/C=C/C/C=C/C/C=C/C/C=C/CC. The molecule has 3 unspecified atom stereocenters. The summed E-state index contributed by atoms with van der Waals surface area (Å²) in [5.41, 5.74) is 0. The lowest BCUT2D eigenvalue weighted by Crippen LogP contribution is -2.46. The van der Waals surface area contributed by atoms with Gasteiger partial charge in [-0.1, -0.05) is 227 Å². The second-order valence-corrected chi connectivity index (χ2v) is 16.9. The maximum atomic E-state index is 13.2. The summed E-state index contributed by atoms with van der Waals surface area (Å²) in [4.78, 5) is 26.1. The van der Waals surface area contributed by atoms with Crippen LogP contribution < -0.4 is 5.32 Å². The van der Waals surface area contributed by atoms with Gasteiger partial charge in [-0.2, -0.15) is 0 Å². The van der Waals surface area contributed by atoms with Crippen molar-refractivity contribution < 1.29 is 24.5 Å². The number of hydrogen-bond donors (Lipinski definition) is 3. The van der Waals surface area contributed by atoms with Gasteiger partial charge >= 0.3 is 5.97 Å². The molecular weight excluding hydrogens is 767 g/mol. The van der Waals surface area contributed by atoms with E-state index in [2.05, 4.69) is 86.8 Å². The first-order valence-corrected chi connectivity index (χ1v) is 25.5. The molecule has 0 bridgehead atoms. The molecule has 0 spiro atoms. The molecule has 1 amide bonds. The molecule has 0 aliphatic heterocycles. The molecule has 0 aromatic carbocycles. The van der Waals surface area contributed by atoms with Gasteiger partial charge in [0.2, 0.25) is 5.91 Å². The van der Waals surface area contributed by atoms with Crippen LogP contribution in [0.15, 0.2) is 97.2 Å². The Bertz CT molecular complexity index is 1240. The first-order valence-electron chi connectivity index (χ1n) is 25.5. The van der Waals surface area contributed by atoms with Gasteiger partial charge in [0, 0.05) is 6.42 Å². The van der Waals surface area contributed by atoms with Crippen molar-refractivity contribution >= 4 is 11.9 Å². The number of carbonyl (C=O) groups excluding carboxylic acids is 2. The Morgan fingerprint density at radius 1 is 0.500 bits per heavy atom. The zero-order chi connectivity index (χ0) is 45.2. The molecule has 0 fully saturated rings. The van der Waals surface area contributed by atoms with Crippen LogP contribution in [0.3, 0.4) is 0 Å². The largest absolute Gasteiger partial charge is 0.462 e. The van der Waals surface area contributed by atoms with Crippen molar-refractivity contribution in [2.75, 3.05) is 6.61 Å². The topological polar surface area (TPSA) is 95.9 Å². The van der Waals surface area contributed by atoms with Gasteiger partial charge in [-0.25, -0.2) is 0 Å². The van der Waals surface area contributed by atoms with Crippen LogP contribution in [-0.2, 0) is 14.3 Å². The van der Waals surface area contributed by atoms with Crippen molar-refractivity contribution in [3.05, 3.63) is 97.2 Å². The summed E-state index contributed by atoms with van der Waals surface area (Å²) >= 11 is 0. The fourth-order valence-corrected chi connectivity index (χ4v) is 7.20. The van der Waals surface area contributed by atoms with Crippen LogP contribution >= 0.6 is 0 Å². The summed E-state index contributed by atoms with van der Waals surface area (Å²) in [6.07, 6.45) is 64.8. The quantitative estimate of drug-likeness (QED) is 0.0245. The highest BCUT2D eigenvalue weighted by Gasteiger charge is 2.24. The van der Waals surface area contributed by atoms with Gasteiger partial charge in [0.15, 0.2) is 0 Å². The van der Waals surface area contributed by atoms with Gasteiger partial charge in [0.1, 0.15) is 6.10 Å². The predicted octanol–water partition coefficient (Wildman–Crippen LogP) is 15.3. The monoisotopic (exact) mass is 862 g/mol. The Labute approximate surface area is 382 Å². The van der Waals surface area contributed by atoms with Gasteiger partial charge in [-0.15, -0.1) is 0 Å². The van der Waals surface area contributed by atoms with E-state index in [4.69, 9.17) is 4.74 Å². The lowest BCUT2D eigenvalue weighted by atomic mass is 10.0. The number of nitrogens with one attached hydrogen (secondary N) is 1. The minimum Gasteiger partial charge on any atom is -0.462 e. The van der Waals surface area contributed by atoms with E-state index in [1.54, 1.807) is 0 Å². The number of esters is 1. The third kappa shape index (κ3) is 43.4. The highest BCUT2D eigenvalue weighted by atomic mass is 16.5. The lowest BCUT2D eigenvalue weighted by molar-refractivity contribution is -0.151. The smallest absolute Gasteiger partial charge is 0.306 e. The average molecular weight is 862 g/mol. The molecule has 354 valence electrons. The Morgan fingerprint density at radius 3 is 1.52 bits per heavy atom. The van der Waals surface area contributed by atoms with Crippen molar-refractivity contribution in [1.82, 2.24) is 5.32 Å². The summed E-state index contributed by atoms with van der Waals surface area (Å²) in [7, 11) is 0. The normalized spacial score (nSPS) is 14.1. The van der Waals surface area contributed by atoms with Crippen molar-refractivity contribution in [3.63, 3.8) is 0 Å². The second kappa shape index (κ2) is 48.8. The highest BCUT2D eigenvalue weighted by molar-refractivity contribution is 5.77. The van der Waals surface area contributed by atoms with Gasteiger partial charge in [0.05, 0.1) is 25.2 Å². The molecule has 62 heavy (non-hydrogen) atoms. The molecule has 0 aliphatic rings. The van der Waals surface area contributed by atoms with Gasteiger partial charge in [-0.05, 0) is 77.0 Å². The summed E-state index contributed by atoms with van der Waals surface area (Å²) in [5.74, 6) is -0.586. The minimum absolute atomic E-state index is 0.0134. The molecule has 0 rings (SSSR count). The zero-order valence-electron chi connectivity index (χ0n) is 40.2. The van der Waals surface area contributed by atoms with Crippen LogP contribution in [0, 0.1) is 0 Å². The molecule has 3 atom stereocenters. The fraction of sp³-hybridized carbons (Fsp3) is 0.679. The van der Waals surface area contributed by atoms with Crippen LogP contribution in [0.25, 0.3) is 0 Å². The summed E-state index contributed by atoms with van der Waals surface area (Å²) in [6, 6.07) is -0.735. The lowest BCUT2D eigenvalue weighted by Gasteiger charge is -2.24. The van der Waals surface area contributed by atoms with Crippen LogP contribution in [0.4, 0.5) is 0 Å². The van der Waals surface area contributed by atoms with E-state index in [9.17, 15) is 19.8 Å². The number of rotatable bonds is 44. The van der Waals surface area contributed by atoms with Crippen LogP contribution in [0.2, 0.25) is 0 Å². The standard InChI is InChI=1S/C56H95NO5/c1-4-7-10-13-16-19-22-24-26-28-30-33-36-39-42-45-48-54(59)53(51-58)57-55(60)50-52(47-44-41-38-35-32-21-18-15-12-9-6-3)62-56(61)49-46-43-40-37-34-31-29-27-25-23-20-17-14-11-8-5-2/h8-9,11-12,15,17-18,20-21,25,27,31-32,34-35,38,52-54,58-59H,4-7,10,13-14,16,19,22-24,26,28-30,33,36-37,39-51H2,1-3H3,(H,57,60)/b11-8+,12-9+,18-15+,20-17+,27-25+,32-21-,34-31+,38-35-. The predicted molar refractivity (Wildman–Crippen MR) is 268 cm³/mol. The van der Waals surface area contributed by atoms with Gasteiger partial charge in [0.25, 0.3) is 0 Å². The number of allylic oxidation sites excluding steroid dienone is 16. The number of aliphatic hydroxyl groups is 2. The third-order valence-corrected chi connectivity index (χ3v) is 11.0. The first kappa shape index (κ1) is 58.8. The molecule has 6 nitrogen and oxygen atoms in total. The van der Waals surface area contributed by atoms with E-state index in [1.165, 1.54) is 83.5 Å². The van der Waals surface area contributed by atoms with Crippen LogP contribution in [0.1, 0.15) is 220 Å². The van der Waals surface area contributed by atoms with Crippen LogP contribution in [0.5, 0.6) is 0 Å². The van der Waals surface area contributed by atoms with Crippen molar-refractivity contribution in [1.29, 1.82) is 0 Å². The third-order valence-electron chi connectivity index (χ3n) is 11.0. The van der Waals surface area contributed by atoms with Crippen molar-refractivity contribution in [3.8, 4) is 0 Å². The molecule has 0 radical (unpaired) electrons. The number of unbranched alkanes of at least 4 members (excludes halogenated alkanes) is 19. The Balaban J connectivity index is 4.63.